The third kappa shape index (κ3) is 6.52. The summed E-state index contributed by atoms with van der Waals surface area (Å²) in [5.74, 6) is -1.79. The maximum absolute atomic E-state index is 14.7. The van der Waals surface area contributed by atoms with Gasteiger partial charge in [0.25, 0.3) is 0 Å². The lowest BCUT2D eigenvalue weighted by Gasteiger charge is -2.24. The van der Waals surface area contributed by atoms with Crippen LogP contribution in [0.5, 0.6) is 0 Å². The number of fused-ring (bicyclic) bond motifs is 1. The van der Waals surface area contributed by atoms with Crippen molar-refractivity contribution in [2.24, 2.45) is 5.92 Å². The van der Waals surface area contributed by atoms with E-state index in [1.165, 1.54) is 12.1 Å². The highest BCUT2D eigenvalue weighted by Crippen LogP contribution is 2.37. The summed E-state index contributed by atoms with van der Waals surface area (Å²) < 4.78 is 44.1. The molecule has 1 fully saturated rings. The number of aromatic amines is 1. The number of H-pyrrole nitrogens is 1. The summed E-state index contributed by atoms with van der Waals surface area (Å²) in [5, 5.41) is 13.8. The maximum Gasteiger partial charge on any atom is 0.352 e. The van der Waals surface area contributed by atoms with Gasteiger partial charge in [0.05, 0.1) is 24.0 Å². The number of ether oxygens (including phenoxy) is 1. The van der Waals surface area contributed by atoms with Gasteiger partial charge < -0.3 is 20.1 Å². The molecule has 196 valence electrons. The minimum Gasteiger partial charge on any atom is -0.477 e. The van der Waals surface area contributed by atoms with Gasteiger partial charge >= 0.3 is 5.97 Å². The van der Waals surface area contributed by atoms with E-state index in [9.17, 15) is 22.7 Å². The predicted octanol–water partition coefficient (Wildman–Crippen LogP) is 5.32. The van der Waals surface area contributed by atoms with Crippen molar-refractivity contribution in [2.75, 3.05) is 26.0 Å². The molecule has 2 aromatic carbocycles. The Hall–Kier alpha value is -2.75. The molecule has 1 saturated heterocycles. The van der Waals surface area contributed by atoms with Gasteiger partial charge in [0.1, 0.15) is 11.5 Å². The molecule has 4 rings (SSSR count). The topological polar surface area (TPSA) is 108 Å². The number of halogens is 1. The van der Waals surface area contributed by atoms with Gasteiger partial charge in [0, 0.05) is 28.3 Å². The Bertz CT molecular complexity index is 1310. The maximum atomic E-state index is 14.7. The number of nitrogens with one attached hydrogen (secondary N) is 2. The van der Waals surface area contributed by atoms with E-state index in [0.29, 0.717) is 34.6 Å². The lowest BCUT2D eigenvalue weighted by Crippen LogP contribution is -2.30. The third-order valence-electron chi connectivity index (χ3n) is 6.32. The number of aromatic nitrogens is 1. The second kappa shape index (κ2) is 12.0. The zero-order valence-corrected chi connectivity index (χ0v) is 22.0. The molecule has 3 aromatic rings. The first-order chi connectivity index (χ1) is 17.1. The van der Waals surface area contributed by atoms with Crippen LogP contribution in [0.1, 0.15) is 61.3 Å². The fourth-order valence-electron chi connectivity index (χ4n) is 4.56. The summed E-state index contributed by atoms with van der Waals surface area (Å²) in [6.45, 7) is 8.54. The average molecular weight is 519 g/mol. The number of hydrogen-bond acceptors (Lipinski definition) is 5. The number of hydrogen-bond donors (Lipinski definition) is 3. The van der Waals surface area contributed by atoms with Crippen LogP contribution in [0.3, 0.4) is 0 Å². The van der Waals surface area contributed by atoms with Gasteiger partial charge in [-0.1, -0.05) is 44.2 Å². The van der Waals surface area contributed by atoms with Crippen molar-refractivity contribution < 1.29 is 27.4 Å². The Morgan fingerprint density at radius 3 is 2.50 bits per heavy atom. The van der Waals surface area contributed by atoms with Crippen molar-refractivity contribution in [2.45, 2.75) is 45.5 Å². The van der Waals surface area contributed by atoms with Gasteiger partial charge in [-0.3, -0.25) is 0 Å². The lowest BCUT2D eigenvalue weighted by atomic mass is 9.98. The summed E-state index contributed by atoms with van der Waals surface area (Å²) in [6, 6.07) is 9.67. The van der Waals surface area contributed by atoms with Crippen LogP contribution in [-0.4, -0.2) is 50.4 Å². The molecular weight excluding hydrogens is 483 g/mol. The first-order valence-corrected chi connectivity index (χ1v) is 14.4. The Morgan fingerprint density at radius 1 is 1.19 bits per heavy atom. The highest BCUT2D eigenvalue weighted by molar-refractivity contribution is 7.89. The molecule has 0 radical (unpaired) electrons. The Labute approximate surface area is 212 Å². The summed E-state index contributed by atoms with van der Waals surface area (Å²) in [4.78, 5) is 15.1. The molecule has 1 unspecified atom stereocenters. The van der Waals surface area contributed by atoms with E-state index in [0.717, 1.165) is 37.8 Å². The molecule has 1 atom stereocenters. The van der Waals surface area contributed by atoms with E-state index in [1.807, 2.05) is 32.9 Å². The van der Waals surface area contributed by atoms with Crippen LogP contribution in [0.25, 0.3) is 22.0 Å². The van der Waals surface area contributed by atoms with Gasteiger partial charge in [-0.15, -0.1) is 0 Å². The molecule has 9 heteroatoms. The molecule has 7 nitrogen and oxygen atoms in total. The van der Waals surface area contributed by atoms with Crippen LogP contribution in [0.2, 0.25) is 0 Å². The summed E-state index contributed by atoms with van der Waals surface area (Å²) in [7, 11) is -3.41. The second-order valence-corrected chi connectivity index (χ2v) is 11.1. The van der Waals surface area contributed by atoms with E-state index in [2.05, 4.69) is 10.3 Å². The fraction of sp³-hybridized carbons (Fsp3) is 0.444. The standard InChI is InChI=1S/C25H29FN2O5S.C2H6/c1-15(33-13-16-8-10-27-11-9-16)19-4-3-5-20-22(24(25(29)30)28-23(19)20)17-6-7-18(21(26)12-17)14-34(2,31)32;1-2/h3-7,12,15-16,27-28H,8-11,13-14H2,1-2H3,(H,29,30);1-2H3. The molecule has 1 aliphatic rings. The number of carboxylic acid groups (broad SMARTS) is 1. The molecule has 0 aliphatic carbocycles. The number of carboxylic acids is 1. The van der Waals surface area contributed by atoms with Crippen LogP contribution < -0.4 is 5.32 Å². The number of piperidine rings is 1. The average Bonchev–Trinajstić information content (AvgIpc) is 3.25. The van der Waals surface area contributed by atoms with Crippen LogP contribution in [0, 0.1) is 11.7 Å². The minimum absolute atomic E-state index is 0.0450. The highest BCUT2D eigenvalue weighted by atomic mass is 32.2. The zero-order valence-electron chi connectivity index (χ0n) is 21.2. The molecule has 36 heavy (non-hydrogen) atoms. The van der Waals surface area contributed by atoms with Crippen molar-refractivity contribution in [1.29, 1.82) is 0 Å². The van der Waals surface area contributed by atoms with Gasteiger partial charge in [-0.2, -0.15) is 0 Å². The van der Waals surface area contributed by atoms with Gasteiger partial charge in [-0.25, -0.2) is 17.6 Å². The third-order valence-corrected chi connectivity index (χ3v) is 7.15. The fourth-order valence-corrected chi connectivity index (χ4v) is 5.36. The summed E-state index contributed by atoms with van der Waals surface area (Å²) in [5.41, 5.74) is 2.17. The van der Waals surface area contributed by atoms with E-state index < -0.39 is 27.4 Å². The van der Waals surface area contributed by atoms with Crippen LogP contribution >= 0.6 is 0 Å². The molecule has 2 heterocycles. The molecule has 0 spiro atoms. The Balaban J connectivity index is 0.00000176. The van der Waals surface area contributed by atoms with Crippen molar-refractivity contribution in [1.82, 2.24) is 10.3 Å². The van der Waals surface area contributed by atoms with Crippen molar-refractivity contribution in [3.05, 3.63) is 59.0 Å². The first kappa shape index (κ1) is 27.8. The minimum atomic E-state index is -3.41. The number of carbonyl (C=O) groups is 1. The van der Waals surface area contributed by atoms with E-state index in [1.54, 1.807) is 12.1 Å². The zero-order chi connectivity index (χ0) is 26.5. The lowest BCUT2D eigenvalue weighted by molar-refractivity contribution is 0.0326. The first-order valence-electron chi connectivity index (χ1n) is 12.3. The normalized spacial score (nSPS) is 15.4. The molecule has 0 bridgehead atoms. The monoisotopic (exact) mass is 518 g/mol. The van der Waals surface area contributed by atoms with Crippen molar-refractivity contribution >= 4 is 26.7 Å². The highest BCUT2D eigenvalue weighted by Gasteiger charge is 2.23. The Morgan fingerprint density at radius 2 is 1.89 bits per heavy atom. The van der Waals surface area contributed by atoms with E-state index in [-0.39, 0.29) is 17.4 Å². The van der Waals surface area contributed by atoms with Gasteiger partial charge in [0.2, 0.25) is 0 Å². The molecule has 3 N–H and O–H groups in total. The molecule has 0 saturated carbocycles. The van der Waals surface area contributed by atoms with E-state index in [4.69, 9.17) is 4.74 Å². The number of rotatable bonds is 8. The number of para-hydroxylation sites is 1. The van der Waals surface area contributed by atoms with Gasteiger partial charge in [0.15, 0.2) is 9.84 Å². The Kier molecular flexibility index (Phi) is 9.27. The molecule has 0 amide bonds. The van der Waals surface area contributed by atoms with Crippen molar-refractivity contribution in [3.63, 3.8) is 0 Å². The summed E-state index contributed by atoms with van der Waals surface area (Å²) >= 11 is 0. The molecular formula is C27H35FN2O5S. The summed E-state index contributed by atoms with van der Waals surface area (Å²) in [6.07, 6.45) is 2.90. The SMILES string of the molecule is CC.CC(OCC1CCNCC1)c1cccc2c(-c3ccc(CS(C)(=O)=O)c(F)c3)c(C(=O)O)[nH]c12. The van der Waals surface area contributed by atoms with Crippen LogP contribution in [-0.2, 0) is 20.3 Å². The smallest absolute Gasteiger partial charge is 0.352 e. The number of benzene rings is 2. The molecule has 1 aromatic heterocycles. The second-order valence-electron chi connectivity index (χ2n) is 9.00. The van der Waals surface area contributed by atoms with E-state index >= 15 is 0 Å². The van der Waals surface area contributed by atoms with Gasteiger partial charge in [-0.05, 0) is 50.4 Å². The largest absolute Gasteiger partial charge is 0.477 e. The van der Waals surface area contributed by atoms with Crippen LogP contribution in [0.15, 0.2) is 36.4 Å². The van der Waals surface area contributed by atoms with Crippen LogP contribution in [0.4, 0.5) is 4.39 Å². The molecule has 1 aliphatic heterocycles. The number of aromatic carboxylic acids is 1. The predicted molar refractivity (Wildman–Crippen MR) is 141 cm³/mol. The quantitative estimate of drug-likeness (QED) is 0.372. The van der Waals surface area contributed by atoms with Crippen molar-refractivity contribution in [3.8, 4) is 11.1 Å². The number of sulfone groups is 1.